The van der Waals surface area contributed by atoms with Crippen molar-refractivity contribution in [2.24, 2.45) is 17.8 Å². The monoisotopic (exact) mass is 170 g/mol. The Morgan fingerprint density at radius 1 is 1.33 bits per heavy atom. The van der Waals surface area contributed by atoms with Crippen LogP contribution in [0.15, 0.2) is 0 Å². The number of ether oxygens (including phenoxy) is 1. The third-order valence-electron chi connectivity index (χ3n) is 2.95. The van der Waals surface area contributed by atoms with E-state index in [1.807, 2.05) is 0 Å². The first kappa shape index (κ1) is 8.05. The summed E-state index contributed by atoms with van der Waals surface area (Å²) in [4.78, 5) is 10.8. The van der Waals surface area contributed by atoms with Gasteiger partial charge in [-0.25, -0.2) is 0 Å². The van der Waals surface area contributed by atoms with Crippen LogP contribution < -0.4 is 0 Å². The van der Waals surface area contributed by atoms with Gasteiger partial charge in [0.2, 0.25) is 0 Å². The second-order valence-corrected chi connectivity index (χ2v) is 3.81. The van der Waals surface area contributed by atoms with Crippen LogP contribution in [0.3, 0.4) is 0 Å². The van der Waals surface area contributed by atoms with Crippen LogP contribution in [0.4, 0.5) is 0 Å². The molecule has 2 rings (SSSR count). The number of rotatable bonds is 2. The molecule has 2 atom stereocenters. The Bertz CT molecular complexity index is 186. The summed E-state index contributed by atoms with van der Waals surface area (Å²) in [6, 6.07) is 0. The average Bonchev–Trinajstić information content (AvgIpc) is 2.87. The molecule has 1 aliphatic heterocycles. The van der Waals surface area contributed by atoms with Gasteiger partial charge in [0, 0.05) is 6.61 Å². The fourth-order valence-corrected chi connectivity index (χ4v) is 2.06. The molecule has 68 valence electrons. The van der Waals surface area contributed by atoms with Crippen molar-refractivity contribution in [1.29, 1.82) is 0 Å². The molecule has 3 nitrogen and oxygen atoms in total. The maximum atomic E-state index is 10.8. The number of carbonyl (C=O) groups is 1. The summed E-state index contributed by atoms with van der Waals surface area (Å²) in [5.74, 6) is 0.184. The highest BCUT2D eigenvalue weighted by Gasteiger charge is 2.41. The van der Waals surface area contributed by atoms with Crippen molar-refractivity contribution in [3.63, 3.8) is 0 Å². The summed E-state index contributed by atoms with van der Waals surface area (Å²) < 4.78 is 5.30. The molecule has 0 bridgehead atoms. The van der Waals surface area contributed by atoms with E-state index in [9.17, 15) is 4.79 Å². The lowest BCUT2D eigenvalue weighted by Crippen LogP contribution is -2.34. The molecular weight excluding hydrogens is 156 g/mol. The van der Waals surface area contributed by atoms with Crippen LogP contribution >= 0.6 is 0 Å². The Morgan fingerprint density at radius 2 is 2.08 bits per heavy atom. The molecule has 2 unspecified atom stereocenters. The molecule has 1 saturated heterocycles. The summed E-state index contributed by atoms with van der Waals surface area (Å²) >= 11 is 0. The molecule has 12 heavy (non-hydrogen) atoms. The van der Waals surface area contributed by atoms with Gasteiger partial charge in [-0.05, 0) is 31.1 Å². The zero-order valence-corrected chi connectivity index (χ0v) is 7.03. The molecule has 0 radical (unpaired) electrons. The summed E-state index contributed by atoms with van der Waals surface area (Å²) in [6.07, 6.45) is 3.12. The first-order valence-corrected chi connectivity index (χ1v) is 4.59. The van der Waals surface area contributed by atoms with E-state index >= 15 is 0 Å². The Labute approximate surface area is 71.7 Å². The lowest BCUT2D eigenvalue weighted by atomic mass is 9.85. The quantitative estimate of drug-likeness (QED) is 0.675. The van der Waals surface area contributed by atoms with Gasteiger partial charge in [-0.3, -0.25) is 4.79 Å². The molecule has 0 aromatic heterocycles. The number of hydrogen-bond donors (Lipinski definition) is 1. The number of carboxylic acids is 1. The molecule has 3 heteroatoms. The summed E-state index contributed by atoms with van der Waals surface area (Å²) in [7, 11) is 0. The van der Waals surface area contributed by atoms with Crippen LogP contribution in [0.1, 0.15) is 19.3 Å². The molecule has 2 aliphatic rings. The second-order valence-electron chi connectivity index (χ2n) is 3.81. The van der Waals surface area contributed by atoms with E-state index in [2.05, 4.69) is 0 Å². The highest BCUT2D eigenvalue weighted by molar-refractivity contribution is 5.70. The third kappa shape index (κ3) is 1.46. The standard InChI is InChI=1S/C9H14O3/c10-9(11)7-3-4-12-5-8(7)6-1-2-6/h6-8H,1-5H2,(H,10,11). The molecule has 1 heterocycles. The van der Waals surface area contributed by atoms with Crippen molar-refractivity contribution >= 4 is 5.97 Å². The van der Waals surface area contributed by atoms with Crippen molar-refractivity contribution in [3.05, 3.63) is 0 Å². The predicted octanol–water partition coefficient (Wildman–Crippen LogP) is 1.13. The molecule has 0 spiro atoms. The molecule has 1 N–H and O–H groups in total. The van der Waals surface area contributed by atoms with E-state index < -0.39 is 5.97 Å². The number of carboxylic acid groups (broad SMARTS) is 1. The minimum atomic E-state index is -0.629. The van der Waals surface area contributed by atoms with Gasteiger partial charge in [0.15, 0.2) is 0 Å². The van der Waals surface area contributed by atoms with Crippen molar-refractivity contribution < 1.29 is 14.6 Å². The second kappa shape index (κ2) is 3.05. The molecule has 2 fully saturated rings. The Balaban J connectivity index is 2.00. The lowest BCUT2D eigenvalue weighted by Gasteiger charge is -2.28. The molecule has 0 aromatic rings. The zero-order chi connectivity index (χ0) is 8.55. The lowest BCUT2D eigenvalue weighted by molar-refractivity contribution is -0.149. The van der Waals surface area contributed by atoms with Gasteiger partial charge in [0.1, 0.15) is 0 Å². The van der Waals surface area contributed by atoms with Gasteiger partial charge in [-0.2, -0.15) is 0 Å². The molecule has 0 aromatic carbocycles. The van der Waals surface area contributed by atoms with Crippen LogP contribution in [0.2, 0.25) is 0 Å². The largest absolute Gasteiger partial charge is 0.481 e. The van der Waals surface area contributed by atoms with Gasteiger partial charge in [0.05, 0.1) is 12.5 Å². The fraction of sp³-hybridized carbons (Fsp3) is 0.889. The highest BCUT2D eigenvalue weighted by atomic mass is 16.5. The fourth-order valence-electron chi connectivity index (χ4n) is 2.06. The predicted molar refractivity (Wildman–Crippen MR) is 42.8 cm³/mol. The normalized spacial score (nSPS) is 36.3. The van der Waals surface area contributed by atoms with E-state index in [0.717, 1.165) is 0 Å². The molecule has 0 amide bonds. The van der Waals surface area contributed by atoms with Crippen LogP contribution in [-0.4, -0.2) is 24.3 Å². The Hall–Kier alpha value is -0.570. The highest BCUT2D eigenvalue weighted by Crippen LogP contribution is 2.43. The van der Waals surface area contributed by atoms with Crippen molar-refractivity contribution in [1.82, 2.24) is 0 Å². The van der Waals surface area contributed by atoms with Crippen molar-refractivity contribution in [2.45, 2.75) is 19.3 Å². The summed E-state index contributed by atoms with van der Waals surface area (Å²) in [5, 5.41) is 8.93. The average molecular weight is 170 g/mol. The summed E-state index contributed by atoms with van der Waals surface area (Å²) in [5.41, 5.74) is 0. The van der Waals surface area contributed by atoms with Crippen molar-refractivity contribution in [2.75, 3.05) is 13.2 Å². The van der Waals surface area contributed by atoms with Gasteiger partial charge >= 0.3 is 5.97 Å². The smallest absolute Gasteiger partial charge is 0.306 e. The van der Waals surface area contributed by atoms with E-state index in [-0.39, 0.29) is 5.92 Å². The van der Waals surface area contributed by atoms with E-state index in [0.29, 0.717) is 31.5 Å². The Kier molecular flexibility index (Phi) is 2.05. The third-order valence-corrected chi connectivity index (χ3v) is 2.95. The topological polar surface area (TPSA) is 46.5 Å². The first-order chi connectivity index (χ1) is 5.79. The van der Waals surface area contributed by atoms with Crippen LogP contribution in [-0.2, 0) is 9.53 Å². The van der Waals surface area contributed by atoms with Gasteiger partial charge in [0.25, 0.3) is 0 Å². The Morgan fingerprint density at radius 3 is 2.67 bits per heavy atom. The van der Waals surface area contributed by atoms with Crippen LogP contribution in [0.5, 0.6) is 0 Å². The molecule has 1 aliphatic carbocycles. The number of hydrogen-bond acceptors (Lipinski definition) is 2. The minimum absolute atomic E-state index is 0.133. The molecular formula is C9H14O3. The first-order valence-electron chi connectivity index (χ1n) is 4.59. The van der Waals surface area contributed by atoms with Gasteiger partial charge in [-0.1, -0.05) is 0 Å². The van der Waals surface area contributed by atoms with E-state index in [4.69, 9.17) is 9.84 Å². The van der Waals surface area contributed by atoms with Crippen LogP contribution in [0.25, 0.3) is 0 Å². The van der Waals surface area contributed by atoms with Gasteiger partial charge < -0.3 is 9.84 Å². The zero-order valence-electron chi connectivity index (χ0n) is 7.03. The molecule has 1 saturated carbocycles. The van der Waals surface area contributed by atoms with Crippen LogP contribution in [0, 0.1) is 17.8 Å². The van der Waals surface area contributed by atoms with E-state index in [1.54, 1.807) is 0 Å². The summed E-state index contributed by atoms with van der Waals surface area (Å²) in [6.45, 7) is 1.29. The SMILES string of the molecule is O=C(O)C1CCOCC1C1CC1. The van der Waals surface area contributed by atoms with E-state index in [1.165, 1.54) is 12.8 Å². The van der Waals surface area contributed by atoms with Gasteiger partial charge in [-0.15, -0.1) is 0 Å². The maximum Gasteiger partial charge on any atom is 0.306 e. The maximum absolute atomic E-state index is 10.8. The minimum Gasteiger partial charge on any atom is -0.481 e. The number of aliphatic carboxylic acids is 1. The van der Waals surface area contributed by atoms with Crippen molar-refractivity contribution in [3.8, 4) is 0 Å².